The molecule has 0 aromatic heterocycles. The van der Waals surface area contributed by atoms with Gasteiger partial charge in [0.15, 0.2) is 11.5 Å². The number of rotatable bonds is 0. The summed E-state index contributed by atoms with van der Waals surface area (Å²) in [4.78, 5) is 0. The monoisotopic (exact) mass is 238 g/mol. The van der Waals surface area contributed by atoms with Crippen LogP contribution in [0.4, 0.5) is 0 Å². The lowest BCUT2D eigenvalue weighted by Crippen LogP contribution is -1.99. The van der Waals surface area contributed by atoms with Crippen molar-refractivity contribution < 1.29 is 10.2 Å². The van der Waals surface area contributed by atoms with Crippen LogP contribution in [0.25, 0.3) is 11.5 Å². The average Bonchev–Trinajstić information content (AvgIpc) is 2.51. The Bertz CT molecular complexity index is 586. The number of aliphatic hydroxyl groups is 2. The lowest BCUT2D eigenvalue weighted by molar-refractivity contribution is 0.460. The van der Waals surface area contributed by atoms with E-state index in [2.05, 4.69) is 6.92 Å². The maximum absolute atomic E-state index is 10.2. The van der Waals surface area contributed by atoms with E-state index in [9.17, 15) is 10.2 Å². The number of hydrogen-bond acceptors (Lipinski definition) is 2. The first-order chi connectivity index (χ1) is 8.70. The molecule has 18 heavy (non-hydrogen) atoms. The van der Waals surface area contributed by atoms with Crippen LogP contribution in [0.5, 0.6) is 0 Å². The van der Waals surface area contributed by atoms with Gasteiger partial charge >= 0.3 is 0 Å². The van der Waals surface area contributed by atoms with E-state index in [1.54, 1.807) is 0 Å². The Morgan fingerprint density at radius 2 is 1.11 bits per heavy atom. The van der Waals surface area contributed by atoms with Gasteiger partial charge in [0.25, 0.3) is 0 Å². The standard InChI is InChI=1S/C16H14O2/c1-10-11-6-2-4-8-13(11)15(17)16(18)14-9-5-3-7-12(10)14/h2-10,17-18H,1H3. The molecule has 0 aliphatic heterocycles. The fraction of sp³-hybridized carbons (Fsp3) is 0.125. The minimum atomic E-state index is -0.0394. The number of benzene rings is 2. The van der Waals surface area contributed by atoms with Crippen molar-refractivity contribution in [3.8, 4) is 0 Å². The highest BCUT2D eigenvalue weighted by Gasteiger charge is 2.25. The summed E-state index contributed by atoms with van der Waals surface area (Å²) in [6.07, 6.45) is 0. The van der Waals surface area contributed by atoms with Crippen LogP contribution < -0.4 is 0 Å². The van der Waals surface area contributed by atoms with Gasteiger partial charge in [-0.25, -0.2) is 0 Å². The molecule has 0 bridgehead atoms. The first-order valence-electron chi connectivity index (χ1n) is 6.01. The Morgan fingerprint density at radius 1 is 0.722 bits per heavy atom. The molecule has 2 aromatic rings. The summed E-state index contributed by atoms with van der Waals surface area (Å²) in [7, 11) is 0. The van der Waals surface area contributed by atoms with Gasteiger partial charge in [0.2, 0.25) is 0 Å². The van der Waals surface area contributed by atoms with Crippen LogP contribution in [-0.2, 0) is 0 Å². The summed E-state index contributed by atoms with van der Waals surface area (Å²) in [5.74, 6) is 0.0639. The third-order valence-corrected chi connectivity index (χ3v) is 3.59. The van der Waals surface area contributed by atoms with E-state index >= 15 is 0 Å². The van der Waals surface area contributed by atoms with Gasteiger partial charge in [-0.05, 0) is 11.1 Å². The van der Waals surface area contributed by atoms with Crippen molar-refractivity contribution in [1.82, 2.24) is 0 Å². The molecule has 3 rings (SSSR count). The quantitative estimate of drug-likeness (QED) is 0.725. The van der Waals surface area contributed by atoms with Crippen molar-refractivity contribution in [2.45, 2.75) is 12.8 Å². The Kier molecular flexibility index (Phi) is 2.37. The molecule has 0 amide bonds. The number of aliphatic hydroxyl groups excluding tert-OH is 2. The van der Waals surface area contributed by atoms with Crippen molar-refractivity contribution in [2.24, 2.45) is 0 Å². The second kappa shape index (κ2) is 3.91. The molecule has 1 aliphatic rings. The van der Waals surface area contributed by atoms with Crippen LogP contribution in [0.3, 0.4) is 0 Å². The van der Waals surface area contributed by atoms with Gasteiger partial charge in [0.05, 0.1) is 0 Å². The first-order valence-corrected chi connectivity index (χ1v) is 6.01. The molecule has 0 unspecified atom stereocenters. The van der Waals surface area contributed by atoms with Gasteiger partial charge < -0.3 is 10.2 Å². The van der Waals surface area contributed by atoms with Crippen LogP contribution in [-0.4, -0.2) is 10.2 Å². The molecule has 0 fully saturated rings. The highest BCUT2D eigenvalue weighted by Crippen LogP contribution is 2.39. The minimum Gasteiger partial charge on any atom is -0.504 e. The summed E-state index contributed by atoms with van der Waals surface area (Å²) in [5, 5.41) is 20.4. The van der Waals surface area contributed by atoms with E-state index in [1.807, 2.05) is 48.5 Å². The summed E-state index contributed by atoms with van der Waals surface area (Å²) in [6.45, 7) is 2.09. The summed E-state index contributed by atoms with van der Waals surface area (Å²) in [5.41, 5.74) is 3.48. The average molecular weight is 238 g/mol. The molecule has 0 saturated heterocycles. The van der Waals surface area contributed by atoms with E-state index in [-0.39, 0.29) is 17.4 Å². The molecular formula is C16H14O2. The van der Waals surface area contributed by atoms with E-state index in [1.165, 1.54) is 0 Å². The van der Waals surface area contributed by atoms with Crippen molar-refractivity contribution in [1.29, 1.82) is 0 Å². The zero-order chi connectivity index (χ0) is 12.7. The first kappa shape index (κ1) is 10.9. The van der Waals surface area contributed by atoms with Crippen molar-refractivity contribution in [3.63, 3.8) is 0 Å². The third-order valence-electron chi connectivity index (χ3n) is 3.59. The van der Waals surface area contributed by atoms with E-state index < -0.39 is 0 Å². The van der Waals surface area contributed by atoms with Crippen LogP contribution in [0.1, 0.15) is 35.1 Å². The molecule has 0 heterocycles. The van der Waals surface area contributed by atoms with E-state index in [4.69, 9.17) is 0 Å². The van der Waals surface area contributed by atoms with Crippen LogP contribution in [0, 0.1) is 0 Å². The Morgan fingerprint density at radius 3 is 1.56 bits per heavy atom. The van der Waals surface area contributed by atoms with Crippen LogP contribution >= 0.6 is 0 Å². The SMILES string of the molecule is CC1c2ccccc2C(O)=C(O)c2ccccc21. The molecule has 2 aromatic carbocycles. The molecule has 90 valence electrons. The van der Waals surface area contributed by atoms with Gasteiger partial charge in [0.1, 0.15) is 0 Å². The van der Waals surface area contributed by atoms with E-state index in [0.29, 0.717) is 11.1 Å². The molecule has 2 N–H and O–H groups in total. The molecule has 0 atom stereocenters. The van der Waals surface area contributed by atoms with Crippen molar-refractivity contribution in [2.75, 3.05) is 0 Å². The Balaban J connectivity index is 2.39. The second-order valence-corrected chi connectivity index (χ2v) is 4.59. The minimum absolute atomic E-state index is 0.0394. The number of hydrogen-bond donors (Lipinski definition) is 2. The molecule has 1 aliphatic carbocycles. The summed E-state index contributed by atoms with van der Waals surface area (Å²) < 4.78 is 0. The number of fused-ring (bicyclic) bond motifs is 2. The molecule has 0 radical (unpaired) electrons. The zero-order valence-electron chi connectivity index (χ0n) is 10.1. The molecule has 2 nitrogen and oxygen atoms in total. The summed E-state index contributed by atoms with van der Waals surface area (Å²) in [6, 6.07) is 15.3. The zero-order valence-corrected chi connectivity index (χ0v) is 10.1. The van der Waals surface area contributed by atoms with Gasteiger partial charge in [0, 0.05) is 17.0 Å². The van der Waals surface area contributed by atoms with Gasteiger partial charge in [-0.15, -0.1) is 0 Å². The fourth-order valence-corrected chi connectivity index (χ4v) is 2.60. The highest BCUT2D eigenvalue weighted by molar-refractivity contribution is 5.86. The van der Waals surface area contributed by atoms with Gasteiger partial charge in [-0.2, -0.15) is 0 Å². The maximum Gasteiger partial charge on any atom is 0.165 e. The molecular weight excluding hydrogens is 224 g/mol. The lowest BCUT2D eigenvalue weighted by atomic mass is 9.89. The van der Waals surface area contributed by atoms with E-state index in [0.717, 1.165) is 11.1 Å². The summed E-state index contributed by atoms with van der Waals surface area (Å²) >= 11 is 0. The van der Waals surface area contributed by atoms with Crippen molar-refractivity contribution in [3.05, 3.63) is 70.8 Å². The van der Waals surface area contributed by atoms with Crippen molar-refractivity contribution >= 4 is 11.5 Å². The Hall–Kier alpha value is -2.22. The molecule has 2 heteroatoms. The Labute approximate surface area is 106 Å². The lowest BCUT2D eigenvalue weighted by Gasteiger charge is -2.14. The predicted molar refractivity (Wildman–Crippen MR) is 72.5 cm³/mol. The van der Waals surface area contributed by atoms with Crippen LogP contribution in [0.15, 0.2) is 48.5 Å². The second-order valence-electron chi connectivity index (χ2n) is 4.59. The van der Waals surface area contributed by atoms with Gasteiger partial charge in [-0.3, -0.25) is 0 Å². The molecule has 0 spiro atoms. The normalized spacial score (nSPS) is 14.9. The fourth-order valence-electron chi connectivity index (χ4n) is 2.60. The highest BCUT2D eigenvalue weighted by atomic mass is 16.3. The largest absolute Gasteiger partial charge is 0.504 e. The maximum atomic E-state index is 10.2. The topological polar surface area (TPSA) is 40.5 Å². The molecule has 0 saturated carbocycles. The predicted octanol–water partition coefficient (Wildman–Crippen LogP) is 4.09. The van der Waals surface area contributed by atoms with Gasteiger partial charge in [-0.1, -0.05) is 55.5 Å². The van der Waals surface area contributed by atoms with Crippen LogP contribution in [0.2, 0.25) is 0 Å². The smallest absolute Gasteiger partial charge is 0.165 e. The third kappa shape index (κ3) is 1.42.